The molecule has 0 heterocycles. The van der Waals surface area contributed by atoms with Crippen molar-refractivity contribution in [1.82, 2.24) is 0 Å². The second-order valence-electron chi connectivity index (χ2n) is 3.41. The Labute approximate surface area is 103 Å². The minimum absolute atomic E-state index is 0.182. The van der Waals surface area contributed by atoms with Crippen molar-refractivity contribution in [3.05, 3.63) is 0 Å². The summed E-state index contributed by atoms with van der Waals surface area (Å²) >= 11 is 17.5. The average molecular weight is 278 g/mol. The predicted octanol–water partition coefficient (Wildman–Crippen LogP) is 4.56. The van der Waals surface area contributed by atoms with Crippen LogP contribution in [-0.2, 0) is 4.43 Å². The third-order valence-corrected chi connectivity index (χ3v) is 6.36. The summed E-state index contributed by atoms with van der Waals surface area (Å²) in [5.74, 6) is 0. The minimum atomic E-state index is -2.61. The van der Waals surface area contributed by atoms with Crippen LogP contribution < -0.4 is 0 Å². The number of hydrogen-bond donors (Lipinski definition) is 0. The van der Waals surface area contributed by atoms with Gasteiger partial charge in [-0.3, -0.25) is 0 Å². The van der Waals surface area contributed by atoms with Gasteiger partial charge in [-0.15, -0.1) is 33.8 Å². The summed E-state index contributed by atoms with van der Waals surface area (Å²) < 4.78 is 5.62. The highest BCUT2D eigenvalue weighted by molar-refractivity contribution is 7.43. The monoisotopic (exact) mass is 276 g/mol. The first-order valence-electron chi connectivity index (χ1n) is 5.17. The molecule has 0 bridgehead atoms. The van der Waals surface area contributed by atoms with Crippen molar-refractivity contribution in [2.24, 2.45) is 0 Å². The zero-order valence-electron chi connectivity index (χ0n) is 8.86. The van der Waals surface area contributed by atoms with Gasteiger partial charge in [-0.1, -0.05) is 33.1 Å². The molecule has 1 unspecified atom stereocenters. The van der Waals surface area contributed by atoms with Crippen LogP contribution in [-0.4, -0.2) is 18.5 Å². The molecule has 0 aromatic carbocycles. The molecular formula is C9H19Cl3OSi. The molecule has 0 spiro atoms. The van der Waals surface area contributed by atoms with Gasteiger partial charge in [0.05, 0.1) is 5.50 Å². The molecule has 0 aliphatic carbocycles. The van der Waals surface area contributed by atoms with Crippen molar-refractivity contribution in [2.45, 2.75) is 52.1 Å². The van der Waals surface area contributed by atoms with Crippen LogP contribution in [0.25, 0.3) is 0 Å². The van der Waals surface area contributed by atoms with E-state index >= 15 is 0 Å². The number of rotatable bonds is 8. The number of alkyl halides is 1. The zero-order valence-corrected chi connectivity index (χ0v) is 12.1. The standard InChI is InChI=1S/C9H19Cl3OSi/c1-3-5-6-7-9(4-2)13-14(11,12)8-10/h9H,3-8H2,1-2H3. The molecule has 0 aromatic rings. The average Bonchev–Trinajstić information content (AvgIpc) is 2.16. The van der Waals surface area contributed by atoms with Gasteiger partial charge in [0.1, 0.15) is 0 Å². The molecule has 5 heteroatoms. The van der Waals surface area contributed by atoms with Crippen LogP contribution in [0.5, 0.6) is 0 Å². The van der Waals surface area contributed by atoms with Crippen LogP contribution in [0.15, 0.2) is 0 Å². The van der Waals surface area contributed by atoms with Gasteiger partial charge in [-0.25, -0.2) is 0 Å². The van der Waals surface area contributed by atoms with Crippen LogP contribution in [0.1, 0.15) is 46.0 Å². The molecule has 0 rings (SSSR count). The van der Waals surface area contributed by atoms with E-state index in [9.17, 15) is 0 Å². The molecule has 0 radical (unpaired) electrons. The number of unbranched alkanes of at least 4 members (excludes halogenated alkanes) is 2. The maximum absolute atomic E-state index is 5.96. The van der Waals surface area contributed by atoms with Crippen molar-refractivity contribution < 1.29 is 4.43 Å². The Balaban J connectivity index is 3.78. The quantitative estimate of drug-likeness (QED) is 0.274. The Morgan fingerprint density at radius 3 is 2.29 bits per heavy atom. The van der Waals surface area contributed by atoms with Gasteiger partial charge in [0, 0.05) is 6.10 Å². The van der Waals surface area contributed by atoms with Crippen LogP contribution in [0.4, 0.5) is 0 Å². The van der Waals surface area contributed by atoms with Gasteiger partial charge in [0.2, 0.25) is 0 Å². The van der Waals surface area contributed by atoms with Crippen molar-refractivity contribution in [2.75, 3.05) is 5.50 Å². The molecule has 0 aliphatic heterocycles. The zero-order chi connectivity index (χ0) is 11.0. The van der Waals surface area contributed by atoms with Crippen LogP contribution >= 0.6 is 33.8 Å². The van der Waals surface area contributed by atoms with Crippen molar-refractivity contribution in [1.29, 1.82) is 0 Å². The van der Waals surface area contributed by atoms with E-state index < -0.39 is 6.94 Å². The molecule has 0 saturated heterocycles. The van der Waals surface area contributed by atoms with Crippen LogP contribution in [0, 0.1) is 0 Å². The molecule has 0 amide bonds. The van der Waals surface area contributed by atoms with E-state index in [2.05, 4.69) is 13.8 Å². The highest BCUT2D eigenvalue weighted by Gasteiger charge is 2.32. The van der Waals surface area contributed by atoms with Gasteiger partial charge in [-0.2, -0.15) is 0 Å². The number of hydrogen-bond acceptors (Lipinski definition) is 1. The SMILES string of the molecule is CCCCCC(CC)O[Si](Cl)(Cl)CCl. The van der Waals surface area contributed by atoms with Crippen molar-refractivity contribution in [3.63, 3.8) is 0 Å². The van der Waals surface area contributed by atoms with Gasteiger partial charge in [0.25, 0.3) is 0 Å². The summed E-state index contributed by atoms with van der Waals surface area (Å²) in [4.78, 5) is 0. The fourth-order valence-corrected chi connectivity index (χ4v) is 3.02. The second-order valence-corrected chi connectivity index (χ2v) is 10.2. The summed E-state index contributed by atoms with van der Waals surface area (Å²) in [6.45, 7) is 1.66. The summed E-state index contributed by atoms with van der Waals surface area (Å²) in [7, 11) is 0. The lowest BCUT2D eigenvalue weighted by Crippen LogP contribution is -2.33. The summed E-state index contributed by atoms with van der Waals surface area (Å²) in [5.41, 5.74) is 0.236. The molecule has 1 atom stereocenters. The second kappa shape index (κ2) is 8.23. The first-order valence-corrected chi connectivity index (χ1v) is 9.84. The van der Waals surface area contributed by atoms with E-state index in [0.29, 0.717) is 0 Å². The molecule has 0 saturated carbocycles. The fourth-order valence-electron chi connectivity index (χ4n) is 1.24. The highest BCUT2D eigenvalue weighted by Crippen LogP contribution is 2.23. The number of halogens is 3. The van der Waals surface area contributed by atoms with Crippen LogP contribution in [0.2, 0.25) is 0 Å². The van der Waals surface area contributed by atoms with Gasteiger partial charge < -0.3 is 4.43 Å². The lowest BCUT2D eigenvalue weighted by molar-refractivity contribution is 0.186. The highest BCUT2D eigenvalue weighted by atomic mass is 35.7. The Kier molecular flexibility index (Phi) is 8.84. The summed E-state index contributed by atoms with van der Waals surface area (Å²) in [6, 6.07) is 0. The van der Waals surface area contributed by atoms with Gasteiger partial charge in [-0.05, 0) is 12.8 Å². The normalized spacial score (nSPS) is 14.4. The lowest BCUT2D eigenvalue weighted by atomic mass is 10.1. The Hall–Kier alpha value is 1.05. The van der Waals surface area contributed by atoms with Crippen molar-refractivity contribution in [3.8, 4) is 0 Å². The predicted molar refractivity (Wildman–Crippen MR) is 67.5 cm³/mol. The van der Waals surface area contributed by atoms with E-state index in [1.165, 1.54) is 19.3 Å². The molecule has 14 heavy (non-hydrogen) atoms. The molecule has 1 nitrogen and oxygen atoms in total. The third-order valence-electron chi connectivity index (χ3n) is 2.08. The molecule has 0 fully saturated rings. The maximum Gasteiger partial charge on any atom is 0.404 e. The smallest absolute Gasteiger partial charge is 0.389 e. The molecule has 0 aliphatic rings. The Morgan fingerprint density at radius 2 is 1.86 bits per heavy atom. The van der Waals surface area contributed by atoms with Gasteiger partial charge >= 0.3 is 6.94 Å². The Bertz CT molecular complexity index is 144. The first kappa shape index (κ1) is 15.0. The van der Waals surface area contributed by atoms with E-state index in [1.807, 2.05) is 0 Å². The first-order chi connectivity index (χ1) is 6.55. The molecule has 0 N–H and O–H groups in total. The molecule has 86 valence electrons. The van der Waals surface area contributed by atoms with Crippen molar-refractivity contribution >= 4 is 40.7 Å². The molecular weight excluding hydrogens is 259 g/mol. The van der Waals surface area contributed by atoms with E-state index in [1.54, 1.807) is 0 Å². The summed E-state index contributed by atoms with van der Waals surface area (Å²) in [5, 5.41) is 0. The topological polar surface area (TPSA) is 9.23 Å². The van der Waals surface area contributed by atoms with E-state index in [0.717, 1.165) is 12.8 Å². The Morgan fingerprint density at radius 1 is 1.21 bits per heavy atom. The van der Waals surface area contributed by atoms with Crippen LogP contribution in [0.3, 0.4) is 0 Å². The van der Waals surface area contributed by atoms with E-state index in [-0.39, 0.29) is 11.6 Å². The maximum atomic E-state index is 5.96. The third kappa shape index (κ3) is 7.35. The van der Waals surface area contributed by atoms with E-state index in [4.69, 9.17) is 38.2 Å². The van der Waals surface area contributed by atoms with Gasteiger partial charge in [0.15, 0.2) is 0 Å². The fraction of sp³-hybridized carbons (Fsp3) is 1.00. The minimum Gasteiger partial charge on any atom is -0.389 e. The lowest BCUT2D eigenvalue weighted by Gasteiger charge is -2.22. The largest absolute Gasteiger partial charge is 0.404 e. The summed E-state index contributed by atoms with van der Waals surface area (Å²) in [6.07, 6.45) is 5.80. The molecule has 0 aromatic heterocycles.